The summed E-state index contributed by atoms with van der Waals surface area (Å²) in [5.74, 6) is -0.0628. The van der Waals surface area contributed by atoms with E-state index in [-0.39, 0.29) is 17.3 Å². The minimum atomic E-state index is -0.0628. The van der Waals surface area contributed by atoms with E-state index < -0.39 is 0 Å². The van der Waals surface area contributed by atoms with Crippen LogP contribution in [0.1, 0.15) is 13.3 Å². The molecule has 5 heteroatoms. The molecule has 0 aromatic rings. The van der Waals surface area contributed by atoms with Gasteiger partial charge in [0, 0.05) is 20.2 Å². The predicted octanol–water partition coefficient (Wildman–Crippen LogP) is 0.158. The van der Waals surface area contributed by atoms with Gasteiger partial charge in [0.25, 0.3) is 0 Å². The van der Waals surface area contributed by atoms with E-state index in [1.54, 1.807) is 11.9 Å². The van der Waals surface area contributed by atoms with E-state index in [1.165, 1.54) is 0 Å². The van der Waals surface area contributed by atoms with Crippen molar-refractivity contribution in [2.24, 2.45) is 5.73 Å². The maximum Gasteiger partial charge on any atom is 0.229 e. The molecule has 0 bridgehead atoms. The van der Waals surface area contributed by atoms with Crippen LogP contribution in [0.5, 0.6) is 0 Å². The highest BCUT2D eigenvalue weighted by Gasteiger charge is 2.08. The molecule has 1 amide bonds. The van der Waals surface area contributed by atoms with Crippen molar-refractivity contribution in [3.8, 4) is 0 Å². The second kappa shape index (κ2) is 6.80. The molecule has 2 N–H and O–H groups in total. The summed E-state index contributed by atoms with van der Waals surface area (Å²) in [5.41, 5.74) is 5.24. The Morgan fingerprint density at radius 2 is 2.23 bits per heavy atom. The standard InChI is InChI=1S/C8H16N2O2S/c1-3-12-5-4-10(2)8(11)6-7(9)13/h3-6H2,1-2H3,(H2,9,13). The molecule has 0 heterocycles. The largest absolute Gasteiger partial charge is 0.393 e. The van der Waals surface area contributed by atoms with Gasteiger partial charge in [-0.3, -0.25) is 4.79 Å². The molecule has 0 atom stereocenters. The number of ether oxygens (including phenoxy) is 1. The monoisotopic (exact) mass is 204 g/mol. The molecule has 0 aromatic carbocycles. The Morgan fingerprint density at radius 3 is 2.69 bits per heavy atom. The summed E-state index contributed by atoms with van der Waals surface area (Å²) in [6.45, 7) is 3.71. The first-order valence-corrected chi connectivity index (χ1v) is 4.58. The van der Waals surface area contributed by atoms with Crippen molar-refractivity contribution in [2.45, 2.75) is 13.3 Å². The third-order valence-corrected chi connectivity index (χ3v) is 1.67. The molecule has 0 aliphatic rings. The van der Waals surface area contributed by atoms with Gasteiger partial charge in [-0.05, 0) is 6.92 Å². The zero-order valence-electron chi connectivity index (χ0n) is 8.08. The highest BCUT2D eigenvalue weighted by molar-refractivity contribution is 7.80. The van der Waals surface area contributed by atoms with Gasteiger partial charge in [0.15, 0.2) is 0 Å². The number of rotatable bonds is 6. The van der Waals surface area contributed by atoms with Gasteiger partial charge in [0.1, 0.15) is 0 Å². The molecule has 0 saturated heterocycles. The van der Waals surface area contributed by atoms with Crippen LogP contribution in [0.2, 0.25) is 0 Å². The van der Waals surface area contributed by atoms with E-state index >= 15 is 0 Å². The lowest BCUT2D eigenvalue weighted by Crippen LogP contribution is -2.32. The molecule has 76 valence electrons. The van der Waals surface area contributed by atoms with Crippen LogP contribution < -0.4 is 5.73 Å². The van der Waals surface area contributed by atoms with Crippen molar-refractivity contribution in [3.05, 3.63) is 0 Å². The van der Waals surface area contributed by atoms with Crippen molar-refractivity contribution in [3.63, 3.8) is 0 Å². The molecular weight excluding hydrogens is 188 g/mol. The van der Waals surface area contributed by atoms with Crippen LogP contribution in [0.15, 0.2) is 0 Å². The van der Waals surface area contributed by atoms with E-state index in [0.29, 0.717) is 19.8 Å². The normalized spacial score (nSPS) is 9.69. The number of amides is 1. The molecule has 0 aliphatic heterocycles. The molecule has 0 rings (SSSR count). The van der Waals surface area contributed by atoms with Crippen LogP contribution in [0, 0.1) is 0 Å². The fraction of sp³-hybridized carbons (Fsp3) is 0.750. The Kier molecular flexibility index (Phi) is 6.44. The molecule has 0 aliphatic carbocycles. The maximum atomic E-state index is 11.3. The Morgan fingerprint density at radius 1 is 1.62 bits per heavy atom. The number of hydrogen-bond donors (Lipinski definition) is 1. The molecule has 13 heavy (non-hydrogen) atoms. The Bertz CT molecular complexity index is 185. The van der Waals surface area contributed by atoms with Crippen LogP contribution in [0.3, 0.4) is 0 Å². The Balaban J connectivity index is 3.63. The molecular formula is C8H16N2O2S. The van der Waals surface area contributed by atoms with Gasteiger partial charge >= 0.3 is 0 Å². The number of hydrogen-bond acceptors (Lipinski definition) is 3. The fourth-order valence-electron chi connectivity index (χ4n) is 0.755. The molecule has 0 unspecified atom stereocenters. The summed E-state index contributed by atoms with van der Waals surface area (Å²) in [4.78, 5) is 13.0. The average Bonchev–Trinajstić information content (AvgIpc) is 2.03. The zero-order chi connectivity index (χ0) is 10.3. The van der Waals surface area contributed by atoms with Gasteiger partial charge in [-0.25, -0.2) is 0 Å². The van der Waals surface area contributed by atoms with E-state index in [1.807, 2.05) is 6.92 Å². The third-order valence-electron chi connectivity index (χ3n) is 1.53. The van der Waals surface area contributed by atoms with Crippen molar-refractivity contribution >= 4 is 23.1 Å². The summed E-state index contributed by atoms with van der Waals surface area (Å²) in [6, 6.07) is 0. The Hall–Kier alpha value is -0.680. The molecule has 0 fully saturated rings. The maximum absolute atomic E-state index is 11.3. The summed E-state index contributed by atoms with van der Waals surface area (Å²) in [5, 5.41) is 0. The van der Waals surface area contributed by atoms with Gasteiger partial charge in [0.2, 0.25) is 5.91 Å². The molecule has 0 saturated carbocycles. The second-order valence-corrected chi connectivity index (χ2v) is 3.18. The molecule has 4 nitrogen and oxygen atoms in total. The lowest BCUT2D eigenvalue weighted by molar-refractivity contribution is -0.129. The quantitative estimate of drug-likeness (QED) is 0.494. The van der Waals surface area contributed by atoms with Crippen molar-refractivity contribution in [2.75, 3.05) is 26.8 Å². The van der Waals surface area contributed by atoms with Crippen molar-refractivity contribution in [1.82, 2.24) is 4.90 Å². The number of thiocarbonyl (C=S) groups is 1. The lowest BCUT2D eigenvalue weighted by Gasteiger charge is -2.16. The first-order valence-electron chi connectivity index (χ1n) is 4.18. The van der Waals surface area contributed by atoms with Crippen molar-refractivity contribution < 1.29 is 9.53 Å². The molecule has 0 aromatic heterocycles. The Labute approximate surface area is 84.0 Å². The number of carbonyl (C=O) groups excluding carboxylic acids is 1. The van der Waals surface area contributed by atoms with Gasteiger partial charge in [-0.2, -0.15) is 0 Å². The minimum Gasteiger partial charge on any atom is -0.393 e. The molecule has 0 radical (unpaired) electrons. The number of nitrogens with two attached hydrogens (primary N) is 1. The zero-order valence-corrected chi connectivity index (χ0v) is 8.89. The van der Waals surface area contributed by atoms with Crippen LogP contribution in [-0.4, -0.2) is 42.6 Å². The topological polar surface area (TPSA) is 55.6 Å². The smallest absolute Gasteiger partial charge is 0.229 e. The van der Waals surface area contributed by atoms with Crippen LogP contribution >= 0.6 is 12.2 Å². The predicted molar refractivity (Wildman–Crippen MR) is 55.5 cm³/mol. The van der Waals surface area contributed by atoms with Crippen LogP contribution in [-0.2, 0) is 9.53 Å². The summed E-state index contributed by atoms with van der Waals surface area (Å²) in [6.07, 6.45) is 0.137. The van der Waals surface area contributed by atoms with E-state index in [4.69, 9.17) is 10.5 Å². The second-order valence-electron chi connectivity index (χ2n) is 2.66. The number of carbonyl (C=O) groups is 1. The van der Waals surface area contributed by atoms with Crippen molar-refractivity contribution in [1.29, 1.82) is 0 Å². The molecule has 0 spiro atoms. The van der Waals surface area contributed by atoms with E-state index in [9.17, 15) is 4.79 Å². The minimum absolute atomic E-state index is 0.0628. The van der Waals surface area contributed by atoms with E-state index in [0.717, 1.165) is 0 Å². The number of nitrogens with zero attached hydrogens (tertiary/aromatic N) is 1. The SMILES string of the molecule is CCOCCN(C)C(=O)CC(N)=S. The lowest BCUT2D eigenvalue weighted by atomic mass is 10.4. The summed E-state index contributed by atoms with van der Waals surface area (Å²) in [7, 11) is 1.71. The highest BCUT2D eigenvalue weighted by Crippen LogP contribution is 1.91. The van der Waals surface area contributed by atoms with Gasteiger partial charge < -0.3 is 15.4 Å². The highest BCUT2D eigenvalue weighted by atomic mass is 32.1. The third kappa shape index (κ3) is 6.48. The van der Waals surface area contributed by atoms with Gasteiger partial charge in [-0.15, -0.1) is 0 Å². The van der Waals surface area contributed by atoms with Gasteiger partial charge in [-0.1, -0.05) is 12.2 Å². The summed E-state index contributed by atoms with van der Waals surface area (Å²) >= 11 is 4.63. The van der Waals surface area contributed by atoms with E-state index in [2.05, 4.69) is 12.2 Å². The first-order chi connectivity index (χ1) is 6.07. The first kappa shape index (κ1) is 12.3. The van der Waals surface area contributed by atoms with Crippen LogP contribution in [0.25, 0.3) is 0 Å². The summed E-state index contributed by atoms with van der Waals surface area (Å²) < 4.78 is 5.10. The fourth-order valence-corrected chi connectivity index (χ4v) is 0.878. The van der Waals surface area contributed by atoms with Gasteiger partial charge in [0.05, 0.1) is 18.0 Å². The number of likely N-dealkylation sites (N-methyl/N-ethyl adjacent to an activating group) is 1. The van der Waals surface area contributed by atoms with Crippen LogP contribution in [0.4, 0.5) is 0 Å². The average molecular weight is 204 g/mol.